The summed E-state index contributed by atoms with van der Waals surface area (Å²) in [7, 11) is 0. The monoisotopic (exact) mass is 167 g/mol. The average molecular weight is 167 g/mol. The van der Waals surface area contributed by atoms with Crippen molar-refractivity contribution in [3.63, 3.8) is 0 Å². The van der Waals surface area contributed by atoms with Crippen molar-refractivity contribution in [2.45, 2.75) is 25.7 Å². The number of allylic oxidation sites excluding steroid dienone is 1. The highest BCUT2D eigenvalue weighted by Crippen LogP contribution is 2.06. The lowest BCUT2D eigenvalue weighted by atomic mass is 10.1. The van der Waals surface area contributed by atoms with Crippen LogP contribution in [0.5, 0.6) is 0 Å². The molecule has 1 saturated heterocycles. The number of piperidine rings is 1. The minimum Gasteiger partial charge on any atom is -0.302 e. The predicted octanol–water partition coefficient (Wildman–Crippen LogP) is 1.62. The number of carbonyl (C=O) groups excluding carboxylic acids is 1. The van der Waals surface area contributed by atoms with Crippen LogP contribution in [-0.4, -0.2) is 30.3 Å². The van der Waals surface area contributed by atoms with Gasteiger partial charge in [0, 0.05) is 25.9 Å². The van der Waals surface area contributed by atoms with Gasteiger partial charge in [-0.2, -0.15) is 0 Å². The number of rotatable bonds is 4. The lowest BCUT2D eigenvalue weighted by Gasteiger charge is -2.25. The molecule has 2 nitrogen and oxygen atoms in total. The maximum Gasteiger partial charge on any atom is 0.135 e. The molecule has 0 bridgehead atoms. The largest absolute Gasteiger partial charge is 0.302 e. The fraction of sp³-hybridized carbons (Fsp3) is 0.700. The summed E-state index contributed by atoms with van der Waals surface area (Å²) in [4.78, 5) is 13.3. The van der Waals surface area contributed by atoms with Crippen LogP contribution in [0.2, 0.25) is 0 Å². The van der Waals surface area contributed by atoms with Crippen LogP contribution in [0, 0.1) is 0 Å². The maximum absolute atomic E-state index is 10.9. The normalized spacial score (nSPS) is 19.5. The third kappa shape index (κ3) is 3.18. The SMILES string of the molecule is C=CCCCN1CCC(=O)CC1. The lowest BCUT2D eigenvalue weighted by molar-refractivity contribution is -0.121. The van der Waals surface area contributed by atoms with E-state index in [1.807, 2.05) is 6.08 Å². The van der Waals surface area contributed by atoms with Crippen molar-refractivity contribution in [3.05, 3.63) is 12.7 Å². The van der Waals surface area contributed by atoms with Crippen LogP contribution >= 0.6 is 0 Å². The van der Waals surface area contributed by atoms with E-state index in [2.05, 4.69) is 11.5 Å². The smallest absolute Gasteiger partial charge is 0.135 e. The first-order valence-electron chi connectivity index (χ1n) is 4.68. The first-order chi connectivity index (χ1) is 5.83. The Hall–Kier alpha value is -0.630. The number of unbranched alkanes of at least 4 members (excludes halogenated alkanes) is 1. The van der Waals surface area contributed by atoms with Crippen LogP contribution in [0.4, 0.5) is 0 Å². The van der Waals surface area contributed by atoms with Gasteiger partial charge in [-0.3, -0.25) is 4.79 Å². The quantitative estimate of drug-likeness (QED) is 0.468. The van der Waals surface area contributed by atoms with Crippen molar-refractivity contribution in [2.24, 2.45) is 0 Å². The molecule has 0 amide bonds. The van der Waals surface area contributed by atoms with E-state index >= 15 is 0 Å². The van der Waals surface area contributed by atoms with E-state index in [1.165, 1.54) is 6.42 Å². The second-order valence-corrected chi connectivity index (χ2v) is 3.31. The van der Waals surface area contributed by atoms with E-state index in [0.29, 0.717) is 5.78 Å². The Morgan fingerprint density at radius 3 is 2.67 bits per heavy atom. The van der Waals surface area contributed by atoms with Gasteiger partial charge in [-0.25, -0.2) is 0 Å². The second-order valence-electron chi connectivity index (χ2n) is 3.31. The molecule has 2 heteroatoms. The number of likely N-dealkylation sites (tertiary alicyclic amines) is 1. The van der Waals surface area contributed by atoms with Gasteiger partial charge < -0.3 is 4.90 Å². The van der Waals surface area contributed by atoms with Crippen molar-refractivity contribution in [1.29, 1.82) is 0 Å². The number of hydrogen-bond donors (Lipinski definition) is 0. The molecule has 0 aliphatic carbocycles. The molecule has 0 radical (unpaired) electrons. The molecule has 1 fully saturated rings. The van der Waals surface area contributed by atoms with Crippen molar-refractivity contribution < 1.29 is 4.79 Å². The first kappa shape index (κ1) is 9.46. The Kier molecular flexibility index (Phi) is 4.01. The highest BCUT2D eigenvalue weighted by atomic mass is 16.1. The third-order valence-corrected chi connectivity index (χ3v) is 2.30. The van der Waals surface area contributed by atoms with Crippen molar-refractivity contribution in [2.75, 3.05) is 19.6 Å². The maximum atomic E-state index is 10.9. The van der Waals surface area contributed by atoms with Crippen LogP contribution in [-0.2, 0) is 4.79 Å². The molecular weight excluding hydrogens is 150 g/mol. The summed E-state index contributed by atoms with van der Waals surface area (Å²) in [5.41, 5.74) is 0. The number of ketones is 1. The predicted molar refractivity (Wildman–Crippen MR) is 50.1 cm³/mol. The van der Waals surface area contributed by atoms with Crippen LogP contribution in [0.25, 0.3) is 0 Å². The summed E-state index contributed by atoms with van der Waals surface area (Å²) in [6.45, 7) is 6.74. The zero-order valence-electron chi connectivity index (χ0n) is 7.59. The van der Waals surface area contributed by atoms with E-state index in [4.69, 9.17) is 0 Å². The van der Waals surface area contributed by atoms with Gasteiger partial charge in [0.2, 0.25) is 0 Å². The van der Waals surface area contributed by atoms with Gasteiger partial charge in [-0.15, -0.1) is 6.58 Å². The van der Waals surface area contributed by atoms with E-state index in [-0.39, 0.29) is 0 Å². The van der Waals surface area contributed by atoms with E-state index in [1.54, 1.807) is 0 Å². The second kappa shape index (κ2) is 5.09. The van der Waals surface area contributed by atoms with Crippen molar-refractivity contribution in [1.82, 2.24) is 4.90 Å². The molecule has 0 spiro atoms. The van der Waals surface area contributed by atoms with Gasteiger partial charge in [0.1, 0.15) is 5.78 Å². The molecule has 12 heavy (non-hydrogen) atoms. The molecule has 0 unspecified atom stereocenters. The molecule has 0 saturated carbocycles. The summed E-state index contributed by atoms with van der Waals surface area (Å²) in [6, 6.07) is 0. The van der Waals surface area contributed by atoms with Crippen LogP contribution in [0.15, 0.2) is 12.7 Å². The Labute approximate surface area is 74.2 Å². The molecule has 1 aliphatic rings. The minimum absolute atomic E-state index is 0.426. The van der Waals surface area contributed by atoms with E-state index in [0.717, 1.165) is 38.9 Å². The number of Topliss-reactive ketones (excluding diaryl/α,β-unsaturated/α-hetero) is 1. The molecule has 0 N–H and O–H groups in total. The fourth-order valence-corrected chi connectivity index (χ4v) is 1.49. The molecule has 1 aliphatic heterocycles. The standard InChI is InChI=1S/C10H17NO/c1-2-3-4-7-11-8-5-10(12)6-9-11/h2H,1,3-9H2. The van der Waals surface area contributed by atoms with Crippen LogP contribution in [0.1, 0.15) is 25.7 Å². The van der Waals surface area contributed by atoms with E-state index in [9.17, 15) is 4.79 Å². The third-order valence-electron chi connectivity index (χ3n) is 2.30. The van der Waals surface area contributed by atoms with Gasteiger partial charge in [0.05, 0.1) is 0 Å². The Morgan fingerprint density at radius 1 is 1.42 bits per heavy atom. The van der Waals surface area contributed by atoms with Crippen LogP contribution in [0.3, 0.4) is 0 Å². The minimum atomic E-state index is 0.426. The van der Waals surface area contributed by atoms with Gasteiger partial charge in [-0.1, -0.05) is 6.08 Å². The molecule has 68 valence electrons. The average Bonchev–Trinajstić information content (AvgIpc) is 2.09. The highest BCUT2D eigenvalue weighted by Gasteiger charge is 2.14. The van der Waals surface area contributed by atoms with Crippen molar-refractivity contribution in [3.8, 4) is 0 Å². The number of carbonyl (C=O) groups is 1. The van der Waals surface area contributed by atoms with Crippen molar-refractivity contribution >= 4 is 5.78 Å². The zero-order valence-corrected chi connectivity index (χ0v) is 7.59. The Balaban J connectivity index is 2.09. The molecular formula is C10H17NO. The molecule has 0 aromatic heterocycles. The molecule has 0 aromatic carbocycles. The molecule has 0 atom stereocenters. The van der Waals surface area contributed by atoms with Gasteiger partial charge in [-0.05, 0) is 19.4 Å². The summed E-state index contributed by atoms with van der Waals surface area (Å²) in [6.07, 6.45) is 5.74. The summed E-state index contributed by atoms with van der Waals surface area (Å²) in [5, 5.41) is 0. The number of hydrogen-bond acceptors (Lipinski definition) is 2. The van der Waals surface area contributed by atoms with Gasteiger partial charge in [0.15, 0.2) is 0 Å². The highest BCUT2D eigenvalue weighted by molar-refractivity contribution is 5.79. The first-order valence-corrected chi connectivity index (χ1v) is 4.68. The Bertz CT molecular complexity index is 155. The number of nitrogens with zero attached hydrogens (tertiary/aromatic N) is 1. The summed E-state index contributed by atoms with van der Waals surface area (Å²) < 4.78 is 0. The summed E-state index contributed by atoms with van der Waals surface area (Å²) in [5.74, 6) is 0.426. The van der Waals surface area contributed by atoms with Gasteiger partial charge >= 0.3 is 0 Å². The summed E-state index contributed by atoms with van der Waals surface area (Å²) >= 11 is 0. The van der Waals surface area contributed by atoms with Gasteiger partial charge in [0.25, 0.3) is 0 Å². The Morgan fingerprint density at radius 2 is 2.08 bits per heavy atom. The van der Waals surface area contributed by atoms with E-state index < -0.39 is 0 Å². The lowest BCUT2D eigenvalue weighted by Crippen LogP contribution is -2.34. The van der Waals surface area contributed by atoms with Crippen LogP contribution < -0.4 is 0 Å². The topological polar surface area (TPSA) is 20.3 Å². The molecule has 0 aromatic rings. The fourth-order valence-electron chi connectivity index (χ4n) is 1.49. The molecule has 1 heterocycles. The zero-order chi connectivity index (χ0) is 8.81. The molecule has 1 rings (SSSR count).